The summed E-state index contributed by atoms with van der Waals surface area (Å²) in [6.45, 7) is 4.11. The fraction of sp³-hybridized carbons (Fsp3) is 0.179. The van der Waals surface area contributed by atoms with E-state index in [0.717, 1.165) is 23.2 Å². The number of nitrogens with one attached hydrogen (secondary N) is 3. The average molecular weight is 470 g/mol. The summed E-state index contributed by atoms with van der Waals surface area (Å²) in [4.78, 5) is 36.3. The Balaban J connectivity index is 1.68. The summed E-state index contributed by atoms with van der Waals surface area (Å²) in [7, 11) is 0. The van der Waals surface area contributed by atoms with Crippen molar-refractivity contribution >= 4 is 40.4 Å². The van der Waals surface area contributed by atoms with Crippen LogP contribution in [0, 0.1) is 0 Å². The predicted molar refractivity (Wildman–Crippen MR) is 137 cm³/mol. The van der Waals surface area contributed by atoms with Gasteiger partial charge in [-0.3, -0.25) is 9.59 Å². The highest BCUT2D eigenvalue weighted by atomic mass is 16.5. The maximum Gasteiger partial charge on any atom is 0.338 e. The van der Waals surface area contributed by atoms with Gasteiger partial charge in [-0.1, -0.05) is 48.5 Å². The normalized spacial score (nSPS) is 13.5. The molecule has 2 amide bonds. The Labute approximate surface area is 204 Å². The largest absolute Gasteiger partial charge is 0.462 e. The van der Waals surface area contributed by atoms with E-state index in [1.165, 1.54) is 6.92 Å². The molecule has 178 valence electrons. The van der Waals surface area contributed by atoms with Gasteiger partial charge >= 0.3 is 5.97 Å². The lowest BCUT2D eigenvalue weighted by Crippen LogP contribution is -2.22. The van der Waals surface area contributed by atoms with Crippen molar-refractivity contribution in [1.29, 1.82) is 0 Å². The lowest BCUT2D eigenvalue weighted by molar-refractivity contribution is -0.119. The van der Waals surface area contributed by atoms with Crippen LogP contribution >= 0.6 is 0 Å². The van der Waals surface area contributed by atoms with Crippen LogP contribution in [0.3, 0.4) is 0 Å². The van der Waals surface area contributed by atoms with E-state index in [0.29, 0.717) is 34.6 Å². The van der Waals surface area contributed by atoms with Gasteiger partial charge in [0, 0.05) is 24.7 Å². The number of esters is 1. The van der Waals surface area contributed by atoms with E-state index in [1.807, 2.05) is 54.6 Å². The molecule has 4 rings (SSSR count). The standard InChI is InChI=1S/C28H27N3O4/c1-3-35-28(34)21-11-14-23-24(17-21)31-27(33)25(23)26(20-7-5-4-6-8-20)30-22-12-9-19(10-13-22)15-16-29-18(2)32/h4-14,17,30H,3,15-16H2,1-2H3,(H,29,32)(H,31,33). The minimum atomic E-state index is -0.429. The molecule has 0 fully saturated rings. The molecule has 1 aliphatic heterocycles. The van der Waals surface area contributed by atoms with Crippen molar-refractivity contribution in [3.05, 3.63) is 95.1 Å². The van der Waals surface area contributed by atoms with E-state index in [9.17, 15) is 14.4 Å². The SMILES string of the molecule is CCOC(=O)c1ccc2c(c1)NC(=O)C2=C(Nc1ccc(CCNC(C)=O)cc1)c1ccccc1. The zero-order chi connectivity index (χ0) is 24.8. The minimum absolute atomic E-state index is 0.0492. The van der Waals surface area contributed by atoms with Crippen LogP contribution < -0.4 is 16.0 Å². The molecule has 7 heteroatoms. The van der Waals surface area contributed by atoms with Crippen molar-refractivity contribution < 1.29 is 19.1 Å². The Morgan fingerprint density at radius 3 is 2.37 bits per heavy atom. The summed E-state index contributed by atoms with van der Waals surface area (Å²) in [5.41, 5.74) is 5.59. The highest BCUT2D eigenvalue weighted by molar-refractivity contribution is 6.37. The molecule has 3 aromatic carbocycles. The monoisotopic (exact) mass is 469 g/mol. The van der Waals surface area contributed by atoms with Gasteiger partial charge in [-0.25, -0.2) is 4.79 Å². The number of ether oxygens (including phenoxy) is 1. The Hall–Kier alpha value is -4.39. The van der Waals surface area contributed by atoms with E-state index in [1.54, 1.807) is 25.1 Å². The molecule has 0 aromatic heterocycles. The van der Waals surface area contributed by atoms with Crippen LogP contribution in [0.4, 0.5) is 11.4 Å². The molecular weight excluding hydrogens is 442 g/mol. The van der Waals surface area contributed by atoms with Crippen LogP contribution in [-0.2, 0) is 20.7 Å². The van der Waals surface area contributed by atoms with Gasteiger partial charge < -0.3 is 20.7 Å². The number of rotatable bonds is 8. The molecule has 0 radical (unpaired) electrons. The number of carbonyl (C=O) groups excluding carboxylic acids is 3. The average Bonchev–Trinajstić information content (AvgIpc) is 3.18. The van der Waals surface area contributed by atoms with E-state index < -0.39 is 5.97 Å². The first kappa shape index (κ1) is 23.8. The van der Waals surface area contributed by atoms with E-state index in [2.05, 4.69) is 16.0 Å². The van der Waals surface area contributed by atoms with E-state index in [-0.39, 0.29) is 18.4 Å². The Bertz CT molecular complexity index is 1280. The summed E-state index contributed by atoms with van der Waals surface area (Å²) < 4.78 is 5.09. The van der Waals surface area contributed by atoms with Gasteiger partial charge in [-0.05, 0) is 48.7 Å². The molecule has 35 heavy (non-hydrogen) atoms. The van der Waals surface area contributed by atoms with Crippen molar-refractivity contribution in [2.24, 2.45) is 0 Å². The first-order valence-electron chi connectivity index (χ1n) is 11.5. The van der Waals surface area contributed by atoms with Gasteiger partial charge in [0.05, 0.1) is 29.1 Å². The topological polar surface area (TPSA) is 96.5 Å². The minimum Gasteiger partial charge on any atom is -0.462 e. The second kappa shape index (κ2) is 10.7. The Morgan fingerprint density at radius 2 is 1.69 bits per heavy atom. The highest BCUT2D eigenvalue weighted by Crippen LogP contribution is 2.38. The van der Waals surface area contributed by atoms with Gasteiger partial charge in [0.2, 0.25) is 5.91 Å². The second-order valence-corrected chi connectivity index (χ2v) is 8.11. The van der Waals surface area contributed by atoms with Crippen molar-refractivity contribution in [2.45, 2.75) is 20.3 Å². The number of carbonyl (C=O) groups is 3. The van der Waals surface area contributed by atoms with E-state index >= 15 is 0 Å². The molecule has 0 unspecified atom stereocenters. The smallest absolute Gasteiger partial charge is 0.338 e. The zero-order valence-electron chi connectivity index (χ0n) is 19.7. The molecule has 0 saturated heterocycles. The number of hydrogen-bond donors (Lipinski definition) is 3. The zero-order valence-corrected chi connectivity index (χ0v) is 19.7. The van der Waals surface area contributed by atoms with Crippen molar-refractivity contribution in [3.8, 4) is 0 Å². The molecule has 1 aliphatic rings. The Morgan fingerprint density at radius 1 is 0.943 bits per heavy atom. The summed E-state index contributed by atoms with van der Waals surface area (Å²) in [5.74, 6) is -0.729. The molecule has 7 nitrogen and oxygen atoms in total. The number of fused-ring (bicyclic) bond motifs is 1. The number of anilines is 2. The molecule has 0 aliphatic carbocycles. The summed E-state index contributed by atoms with van der Waals surface area (Å²) >= 11 is 0. The molecule has 1 heterocycles. The fourth-order valence-corrected chi connectivity index (χ4v) is 3.93. The first-order chi connectivity index (χ1) is 17.0. The van der Waals surface area contributed by atoms with Crippen LogP contribution in [0.25, 0.3) is 11.3 Å². The molecule has 0 atom stereocenters. The third-order valence-corrected chi connectivity index (χ3v) is 5.60. The summed E-state index contributed by atoms with van der Waals surface area (Å²) in [6, 6.07) is 22.6. The number of hydrogen-bond acceptors (Lipinski definition) is 5. The lowest BCUT2D eigenvalue weighted by Gasteiger charge is -2.15. The van der Waals surface area contributed by atoms with Crippen LogP contribution in [0.1, 0.15) is 40.9 Å². The first-order valence-corrected chi connectivity index (χ1v) is 11.5. The van der Waals surface area contributed by atoms with Crippen LogP contribution in [-0.4, -0.2) is 30.9 Å². The maximum absolute atomic E-state index is 13.1. The van der Waals surface area contributed by atoms with Gasteiger partial charge in [0.15, 0.2) is 0 Å². The summed E-state index contributed by atoms with van der Waals surface area (Å²) in [6.07, 6.45) is 0.727. The fourth-order valence-electron chi connectivity index (χ4n) is 3.93. The van der Waals surface area contributed by atoms with Crippen LogP contribution in [0.15, 0.2) is 72.8 Å². The number of amides is 2. The van der Waals surface area contributed by atoms with Gasteiger partial charge in [0.1, 0.15) is 0 Å². The van der Waals surface area contributed by atoms with Gasteiger partial charge in [-0.2, -0.15) is 0 Å². The third-order valence-electron chi connectivity index (χ3n) is 5.60. The van der Waals surface area contributed by atoms with Crippen molar-refractivity contribution in [3.63, 3.8) is 0 Å². The van der Waals surface area contributed by atoms with Gasteiger partial charge in [-0.15, -0.1) is 0 Å². The van der Waals surface area contributed by atoms with E-state index in [4.69, 9.17) is 4.74 Å². The van der Waals surface area contributed by atoms with Crippen LogP contribution in [0.5, 0.6) is 0 Å². The summed E-state index contributed by atoms with van der Waals surface area (Å²) in [5, 5.41) is 9.10. The lowest BCUT2D eigenvalue weighted by atomic mass is 9.99. The highest BCUT2D eigenvalue weighted by Gasteiger charge is 2.29. The number of benzene rings is 3. The second-order valence-electron chi connectivity index (χ2n) is 8.11. The predicted octanol–water partition coefficient (Wildman–Crippen LogP) is 4.47. The third kappa shape index (κ3) is 5.58. The molecular formula is C28H27N3O4. The van der Waals surface area contributed by atoms with Crippen molar-refractivity contribution in [1.82, 2.24) is 5.32 Å². The quantitative estimate of drug-likeness (QED) is 0.334. The van der Waals surface area contributed by atoms with Crippen LogP contribution in [0.2, 0.25) is 0 Å². The molecule has 3 aromatic rings. The molecule has 0 spiro atoms. The van der Waals surface area contributed by atoms with Gasteiger partial charge in [0.25, 0.3) is 5.91 Å². The maximum atomic E-state index is 13.1. The molecule has 0 saturated carbocycles. The van der Waals surface area contributed by atoms with Crippen molar-refractivity contribution in [2.75, 3.05) is 23.8 Å². The Kier molecular flexibility index (Phi) is 7.26. The molecule has 3 N–H and O–H groups in total. The molecule has 0 bridgehead atoms.